The van der Waals surface area contributed by atoms with Crippen molar-refractivity contribution in [3.8, 4) is 16.3 Å². The first-order valence-electron chi connectivity index (χ1n) is 15.6. The Hall–Kier alpha value is -5.49. The Kier molecular flexibility index (Phi) is 11.5. The van der Waals surface area contributed by atoms with Crippen LogP contribution in [0.25, 0.3) is 16.6 Å². The molecule has 6 rings (SSSR count). The summed E-state index contributed by atoms with van der Waals surface area (Å²) >= 11 is 4.39. The average Bonchev–Trinajstić information content (AvgIpc) is 3.86. The van der Waals surface area contributed by atoms with Crippen LogP contribution in [0.1, 0.15) is 28.4 Å². The number of anilines is 2. The zero-order chi connectivity index (χ0) is 34.7. The molecule has 2 heterocycles. The molecule has 3 amide bonds. The van der Waals surface area contributed by atoms with Crippen molar-refractivity contribution in [3.05, 3.63) is 154 Å². The molecule has 11 heteroatoms. The monoisotopic (exact) mass is 716 g/mol. The first kappa shape index (κ1) is 34.4. The Morgan fingerprint density at radius 3 is 2.24 bits per heavy atom. The normalized spacial score (nSPS) is 11.7. The van der Waals surface area contributed by atoms with Crippen LogP contribution in [0.15, 0.2) is 143 Å². The molecule has 50 heavy (non-hydrogen) atoms. The molecule has 1 unspecified atom stereocenters. The van der Waals surface area contributed by atoms with Crippen molar-refractivity contribution in [2.45, 2.75) is 23.7 Å². The quantitative estimate of drug-likeness (QED) is 0.0814. The number of thiazole rings is 1. The number of benzene rings is 4. The Labute approximate surface area is 302 Å². The van der Waals surface area contributed by atoms with Crippen molar-refractivity contribution in [3.63, 3.8) is 0 Å². The summed E-state index contributed by atoms with van der Waals surface area (Å²) in [5.41, 5.74) is 3.64. The highest BCUT2D eigenvalue weighted by Gasteiger charge is 2.18. The van der Waals surface area contributed by atoms with Gasteiger partial charge in [-0.05, 0) is 84.1 Å². The molecule has 0 aliphatic heterocycles. The van der Waals surface area contributed by atoms with E-state index in [0.29, 0.717) is 34.3 Å². The average molecular weight is 717 g/mol. The lowest BCUT2D eigenvalue weighted by Crippen LogP contribution is -2.30. The first-order chi connectivity index (χ1) is 24.4. The van der Waals surface area contributed by atoms with Gasteiger partial charge in [0.2, 0.25) is 5.91 Å². The van der Waals surface area contributed by atoms with Crippen molar-refractivity contribution >= 4 is 69.1 Å². The maximum Gasteiger partial charge on any atom is 0.272 e. The highest BCUT2D eigenvalue weighted by molar-refractivity contribution is 8.00. The number of hydrogen-bond donors (Lipinski definition) is 3. The largest absolute Gasteiger partial charge is 0.489 e. The number of nitrogens with zero attached hydrogens (tertiary/aromatic N) is 1. The van der Waals surface area contributed by atoms with Gasteiger partial charge in [-0.3, -0.25) is 14.4 Å². The van der Waals surface area contributed by atoms with Gasteiger partial charge in [-0.2, -0.15) is 0 Å². The third-order valence-electron chi connectivity index (χ3n) is 7.27. The second-order valence-corrected chi connectivity index (χ2v) is 14.2. The van der Waals surface area contributed by atoms with E-state index >= 15 is 0 Å². The minimum atomic E-state index is -0.489. The molecule has 0 radical (unpaired) electrons. The molecule has 0 bridgehead atoms. The molecular formula is C39H32N4O4S3. The highest BCUT2D eigenvalue weighted by Crippen LogP contribution is 2.30. The second kappa shape index (κ2) is 16.8. The third kappa shape index (κ3) is 9.56. The van der Waals surface area contributed by atoms with Gasteiger partial charge < -0.3 is 20.7 Å². The van der Waals surface area contributed by atoms with E-state index in [9.17, 15) is 14.4 Å². The van der Waals surface area contributed by atoms with Gasteiger partial charge in [0, 0.05) is 21.5 Å². The maximum atomic E-state index is 13.5. The van der Waals surface area contributed by atoms with Crippen LogP contribution in [0.4, 0.5) is 10.8 Å². The minimum Gasteiger partial charge on any atom is -0.489 e. The first-order valence-corrected chi connectivity index (χ1v) is 18.3. The molecule has 8 nitrogen and oxygen atoms in total. The SMILES string of the molecule is CC(Sc1ccc(NC(=O)/C(=C/c2ccc(OCc3ccccc3)cc2)NC(=O)c2ccccc2)cc1)C(=O)Nc1nc(-c2cccs2)cs1. The van der Waals surface area contributed by atoms with Gasteiger partial charge in [-0.25, -0.2) is 4.98 Å². The van der Waals surface area contributed by atoms with Gasteiger partial charge >= 0.3 is 0 Å². The Balaban J connectivity index is 1.09. The molecule has 0 saturated carbocycles. The van der Waals surface area contributed by atoms with Crippen molar-refractivity contribution in [2.24, 2.45) is 0 Å². The van der Waals surface area contributed by atoms with E-state index in [1.54, 1.807) is 53.8 Å². The van der Waals surface area contributed by atoms with E-state index in [4.69, 9.17) is 4.74 Å². The van der Waals surface area contributed by atoms with Gasteiger partial charge in [0.25, 0.3) is 11.8 Å². The van der Waals surface area contributed by atoms with Crippen molar-refractivity contribution < 1.29 is 19.1 Å². The third-order valence-corrected chi connectivity index (χ3v) is 10.0. The lowest BCUT2D eigenvalue weighted by Gasteiger charge is -2.13. The number of ether oxygens (including phenoxy) is 1. The van der Waals surface area contributed by atoms with Crippen LogP contribution in [0.2, 0.25) is 0 Å². The molecule has 0 aliphatic rings. The summed E-state index contributed by atoms with van der Waals surface area (Å²) < 4.78 is 5.89. The van der Waals surface area contributed by atoms with Crippen LogP contribution in [-0.2, 0) is 16.2 Å². The summed E-state index contributed by atoms with van der Waals surface area (Å²) in [5.74, 6) is -0.368. The topological polar surface area (TPSA) is 109 Å². The van der Waals surface area contributed by atoms with Crippen molar-refractivity contribution in [1.82, 2.24) is 10.3 Å². The molecule has 0 aliphatic carbocycles. The number of aromatic nitrogens is 1. The zero-order valence-electron chi connectivity index (χ0n) is 26.9. The van der Waals surface area contributed by atoms with Gasteiger partial charge in [-0.1, -0.05) is 66.7 Å². The predicted molar refractivity (Wildman–Crippen MR) is 204 cm³/mol. The van der Waals surface area contributed by atoms with Crippen LogP contribution < -0.4 is 20.7 Å². The van der Waals surface area contributed by atoms with E-state index < -0.39 is 11.8 Å². The standard InChI is InChI=1S/C39H32N4O4S3/c1-26(36(44)43-39-42-34(25-49-39)35-13-8-22-48-35)50-32-20-16-30(17-21-32)40-38(46)33(41-37(45)29-11-6-3-7-12-29)23-27-14-18-31(19-15-27)47-24-28-9-4-2-5-10-28/h2-23,25-26H,24H2,1H3,(H,40,46)(H,41,45)(H,42,43,44)/b33-23-. The van der Waals surface area contributed by atoms with Crippen LogP contribution in [0.3, 0.4) is 0 Å². The van der Waals surface area contributed by atoms with Crippen LogP contribution in [0, 0.1) is 0 Å². The van der Waals surface area contributed by atoms with E-state index in [2.05, 4.69) is 20.9 Å². The fraction of sp³-hybridized carbons (Fsp3) is 0.0769. The van der Waals surface area contributed by atoms with E-state index in [1.165, 1.54) is 23.1 Å². The summed E-state index contributed by atoms with van der Waals surface area (Å²) in [6.45, 7) is 2.27. The lowest BCUT2D eigenvalue weighted by atomic mass is 10.1. The summed E-state index contributed by atoms with van der Waals surface area (Å²) in [6.07, 6.45) is 1.62. The number of amides is 3. The molecule has 0 saturated heterocycles. The Morgan fingerprint density at radius 2 is 1.54 bits per heavy atom. The van der Waals surface area contributed by atoms with E-state index in [-0.39, 0.29) is 16.9 Å². The molecule has 250 valence electrons. The summed E-state index contributed by atoms with van der Waals surface area (Å²) in [6, 6.07) is 37.0. The number of thiophene rings is 1. The number of carbonyl (C=O) groups is 3. The molecule has 4 aromatic carbocycles. The Morgan fingerprint density at radius 1 is 0.820 bits per heavy atom. The molecule has 2 aromatic heterocycles. The summed E-state index contributed by atoms with van der Waals surface area (Å²) in [4.78, 5) is 45.9. The lowest BCUT2D eigenvalue weighted by molar-refractivity contribution is -0.115. The van der Waals surface area contributed by atoms with Crippen LogP contribution in [-0.4, -0.2) is 28.0 Å². The number of nitrogens with one attached hydrogen (secondary N) is 3. The summed E-state index contributed by atoms with van der Waals surface area (Å²) in [5, 5.41) is 12.6. The highest BCUT2D eigenvalue weighted by atomic mass is 32.2. The molecule has 0 fully saturated rings. The van der Waals surface area contributed by atoms with Crippen molar-refractivity contribution in [1.29, 1.82) is 0 Å². The maximum absolute atomic E-state index is 13.5. The number of rotatable bonds is 13. The van der Waals surface area contributed by atoms with Crippen molar-refractivity contribution in [2.75, 3.05) is 10.6 Å². The van der Waals surface area contributed by atoms with Gasteiger partial charge in [0.15, 0.2) is 5.13 Å². The van der Waals surface area contributed by atoms with Crippen LogP contribution >= 0.6 is 34.4 Å². The Bertz CT molecular complexity index is 2060. The van der Waals surface area contributed by atoms with E-state index in [0.717, 1.165) is 21.0 Å². The summed E-state index contributed by atoms with van der Waals surface area (Å²) in [7, 11) is 0. The predicted octanol–water partition coefficient (Wildman–Crippen LogP) is 8.98. The van der Waals surface area contributed by atoms with Gasteiger partial charge in [0.1, 0.15) is 18.1 Å². The van der Waals surface area contributed by atoms with Gasteiger partial charge in [0.05, 0.1) is 15.8 Å². The minimum absolute atomic E-state index is 0.0741. The number of hydrogen-bond acceptors (Lipinski definition) is 8. The zero-order valence-corrected chi connectivity index (χ0v) is 29.3. The van der Waals surface area contributed by atoms with E-state index in [1.807, 2.05) is 103 Å². The van der Waals surface area contributed by atoms with Crippen LogP contribution in [0.5, 0.6) is 5.75 Å². The number of thioether (sulfide) groups is 1. The molecule has 1 atom stereocenters. The number of carbonyl (C=O) groups excluding carboxylic acids is 3. The second-order valence-electron chi connectivity index (χ2n) is 11.0. The fourth-order valence-corrected chi connectivity index (χ4v) is 7.00. The molecular weight excluding hydrogens is 685 g/mol. The molecule has 3 N–H and O–H groups in total. The smallest absolute Gasteiger partial charge is 0.272 e. The fourth-order valence-electron chi connectivity index (χ4n) is 4.66. The molecule has 6 aromatic rings. The molecule has 0 spiro atoms. The van der Waals surface area contributed by atoms with Gasteiger partial charge in [-0.15, -0.1) is 34.4 Å².